The lowest BCUT2D eigenvalue weighted by molar-refractivity contribution is 0.107. The van der Waals surface area contributed by atoms with Crippen molar-refractivity contribution in [1.29, 1.82) is 0 Å². The van der Waals surface area contributed by atoms with Crippen LogP contribution in [0.3, 0.4) is 0 Å². The predicted octanol–water partition coefficient (Wildman–Crippen LogP) is 2.28. The third kappa shape index (κ3) is 4.14. The van der Waals surface area contributed by atoms with E-state index in [1.807, 2.05) is 0 Å². The molecule has 0 amide bonds. The topological polar surface area (TPSA) is 59.1 Å². The van der Waals surface area contributed by atoms with Gasteiger partial charge in [-0.05, 0) is 25.7 Å². The van der Waals surface area contributed by atoms with Gasteiger partial charge in [0.2, 0.25) is 0 Å². The standard InChI is InChI=1S/C13H22N4O/c1-2-6-15-12-9-14-10-13(17-12)16-7-5-11-4-3-8-18-11/h9-11H,2-8H2,1H3,(H2,15,16,17). The van der Waals surface area contributed by atoms with Crippen molar-refractivity contribution in [2.45, 2.75) is 38.7 Å². The summed E-state index contributed by atoms with van der Waals surface area (Å²) >= 11 is 0. The molecule has 18 heavy (non-hydrogen) atoms. The van der Waals surface area contributed by atoms with E-state index < -0.39 is 0 Å². The van der Waals surface area contributed by atoms with Crippen LogP contribution in [0.15, 0.2) is 12.4 Å². The summed E-state index contributed by atoms with van der Waals surface area (Å²) in [7, 11) is 0. The summed E-state index contributed by atoms with van der Waals surface area (Å²) in [5.74, 6) is 1.66. The molecule has 5 nitrogen and oxygen atoms in total. The Bertz CT molecular complexity index is 353. The predicted molar refractivity (Wildman–Crippen MR) is 72.9 cm³/mol. The summed E-state index contributed by atoms with van der Waals surface area (Å²) in [4.78, 5) is 8.62. The molecule has 0 aliphatic carbocycles. The normalized spacial score (nSPS) is 18.8. The molecule has 0 bridgehead atoms. The van der Waals surface area contributed by atoms with E-state index in [1.165, 1.54) is 12.8 Å². The molecule has 2 N–H and O–H groups in total. The highest BCUT2D eigenvalue weighted by atomic mass is 16.5. The molecule has 1 fully saturated rings. The van der Waals surface area contributed by atoms with Gasteiger partial charge < -0.3 is 15.4 Å². The quantitative estimate of drug-likeness (QED) is 0.777. The number of nitrogens with one attached hydrogen (secondary N) is 2. The van der Waals surface area contributed by atoms with Crippen molar-refractivity contribution in [1.82, 2.24) is 9.97 Å². The Morgan fingerprint density at radius 2 is 2.06 bits per heavy atom. The Kier molecular flexibility index (Phi) is 5.20. The minimum Gasteiger partial charge on any atom is -0.378 e. The van der Waals surface area contributed by atoms with E-state index in [0.29, 0.717) is 6.10 Å². The maximum atomic E-state index is 5.58. The van der Waals surface area contributed by atoms with Gasteiger partial charge in [0.25, 0.3) is 0 Å². The lowest BCUT2D eigenvalue weighted by Gasteiger charge is -2.11. The minimum atomic E-state index is 0.423. The van der Waals surface area contributed by atoms with Gasteiger partial charge >= 0.3 is 0 Å². The molecule has 1 aromatic heterocycles. The first-order valence-corrected chi connectivity index (χ1v) is 6.80. The molecule has 1 aliphatic rings. The Morgan fingerprint density at radius 3 is 2.72 bits per heavy atom. The van der Waals surface area contributed by atoms with Gasteiger partial charge in [-0.25, -0.2) is 4.98 Å². The van der Waals surface area contributed by atoms with Gasteiger partial charge in [0.1, 0.15) is 11.6 Å². The van der Waals surface area contributed by atoms with Crippen LogP contribution in [0.2, 0.25) is 0 Å². The zero-order valence-electron chi connectivity index (χ0n) is 11.0. The molecule has 2 rings (SSSR count). The van der Waals surface area contributed by atoms with Gasteiger partial charge in [-0.3, -0.25) is 4.98 Å². The zero-order valence-corrected chi connectivity index (χ0v) is 11.0. The molecular weight excluding hydrogens is 228 g/mol. The van der Waals surface area contributed by atoms with Crippen LogP contribution in [-0.4, -0.2) is 35.8 Å². The maximum absolute atomic E-state index is 5.58. The van der Waals surface area contributed by atoms with Crippen LogP contribution in [0.4, 0.5) is 11.6 Å². The number of hydrogen-bond acceptors (Lipinski definition) is 5. The summed E-state index contributed by atoms with van der Waals surface area (Å²) in [6.07, 6.45) is 8.43. The van der Waals surface area contributed by atoms with Crippen molar-refractivity contribution in [2.24, 2.45) is 0 Å². The summed E-state index contributed by atoms with van der Waals surface area (Å²) < 4.78 is 5.58. The largest absolute Gasteiger partial charge is 0.378 e. The lowest BCUT2D eigenvalue weighted by Crippen LogP contribution is -2.13. The molecule has 0 saturated carbocycles. The number of nitrogens with zero attached hydrogens (tertiary/aromatic N) is 2. The molecular formula is C13H22N4O. The minimum absolute atomic E-state index is 0.423. The Morgan fingerprint density at radius 1 is 1.28 bits per heavy atom. The first kappa shape index (κ1) is 13.1. The van der Waals surface area contributed by atoms with Gasteiger partial charge in [-0.15, -0.1) is 0 Å². The molecule has 1 atom stereocenters. The summed E-state index contributed by atoms with van der Waals surface area (Å²) in [5.41, 5.74) is 0. The third-order valence-electron chi connectivity index (χ3n) is 2.99. The van der Waals surface area contributed by atoms with E-state index in [9.17, 15) is 0 Å². The molecule has 1 aromatic rings. The second-order valence-corrected chi connectivity index (χ2v) is 4.57. The number of ether oxygens (including phenoxy) is 1. The van der Waals surface area contributed by atoms with Crippen LogP contribution in [0.25, 0.3) is 0 Å². The monoisotopic (exact) mass is 250 g/mol. The fraction of sp³-hybridized carbons (Fsp3) is 0.692. The Hall–Kier alpha value is -1.36. The van der Waals surface area contributed by atoms with E-state index in [2.05, 4.69) is 27.5 Å². The molecule has 1 aliphatic heterocycles. The number of aromatic nitrogens is 2. The van der Waals surface area contributed by atoms with Crippen molar-refractivity contribution in [2.75, 3.05) is 30.3 Å². The first-order chi connectivity index (χ1) is 8.88. The van der Waals surface area contributed by atoms with Crippen molar-refractivity contribution in [3.05, 3.63) is 12.4 Å². The van der Waals surface area contributed by atoms with Crippen LogP contribution in [0.5, 0.6) is 0 Å². The summed E-state index contributed by atoms with van der Waals surface area (Å²) in [5, 5.41) is 6.52. The van der Waals surface area contributed by atoms with Crippen molar-refractivity contribution in [3.63, 3.8) is 0 Å². The number of rotatable bonds is 7. The molecule has 2 heterocycles. The van der Waals surface area contributed by atoms with Gasteiger partial charge in [-0.1, -0.05) is 6.92 Å². The SMILES string of the molecule is CCCNc1cncc(NCCC2CCCO2)n1. The zero-order chi connectivity index (χ0) is 12.6. The summed E-state index contributed by atoms with van der Waals surface area (Å²) in [6.45, 7) is 4.86. The fourth-order valence-corrected chi connectivity index (χ4v) is 2.02. The third-order valence-corrected chi connectivity index (χ3v) is 2.99. The second kappa shape index (κ2) is 7.16. The highest BCUT2D eigenvalue weighted by Gasteiger charge is 2.14. The molecule has 0 spiro atoms. The fourth-order valence-electron chi connectivity index (χ4n) is 2.02. The molecule has 5 heteroatoms. The van der Waals surface area contributed by atoms with Gasteiger partial charge in [0, 0.05) is 19.7 Å². The highest BCUT2D eigenvalue weighted by molar-refractivity contribution is 5.41. The van der Waals surface area contributed by atoms with Gasteiger partial charge in [0.15, 0.2) is 0 Å². The molecule has 1 unspecified atom stereocenters. The maximum Gasteiger partial charge on any atom is 0.146 e. The second-order valence-electron chi connectivity index (χ2n) is 4.57. The Balaban J connectivity index is 1.74. The van der Waals surface area contributed by atoms with E-state index in [-0.39, 0.29) is 0 Å². The van der Waals surface area contributed by atoms with Crippen LogP contribution in [0, 0.1) is 0 Å². The summed E-state index contributed by atoms with van der Waals surface area (Å²) in [6, 6.07) is 0. The van der Waals surface area contributed by atoms with E-state index >= 15 is 0 Å². The van der Waals surface area contributed by atoms with E-state index in [1.54, 1.807) is 12.4 Å². The lowest BCUT2D eigenvalue weighted by atomic mass is 10.2. The average molecular weight is 250 g/mol. The molecule has 100 valence electrons. The Labute approximate surface area is 108 Å². The van der Waals surface area contributed by atoms with Crippen LogP contribution in [0.1, 0.15) is 32.6 Å². The highest BCUT2D eigenvalue weighted by Crippen LogP contribution is 2.15. The van der Waals surface area contributed by atoms with Gasteiger partial charge in [0.05, 0.1) is 18.5 Å². The molecule has 0 radical (unpaired) electrons. The average Bonchev–Trinajstić information content (AvgIpc) is 2.90. The van der Waals surface area contributed by atoms with Crippen molar-refractivity contribution in [3.8, 4) is 0 Å². The van der Waals surface area contributed by atoms with Crippen molar-refractivity contribution < 1.29 is 4.74 Å². The van der Waals surface area contributed by atoms with E-state index in [0.717, 1.165) is 44.2 Å². The van der Waals surface area contributed by atoms with E-state index in [4.69, 9.17) is 4.74 Å². The van der Waals surface area contributed by atoms with Crippen molar-refractivity contribution >= 4 is 11.6 Å². The van der Waals surface area contributed by atoms with Gasteiger partial charge in [-0.2, -0.15) is 0 Å². The van der Waals surface area contributed by atoms with Crippen LogP contribution in [-0.2, 0) is 4.74 Å². The smallest absolute Gasteiger partial charge is 0.146 e. The number of anilines is 2. The van der Waals surface area contributed by atoms with Crippen LogP contribution < -0.4 is 10.6 Å². The van der Waals surface area contributed by atoms with Crippen LogP contribution >= 0.6 is 0 Å². The molecule has 0 aromatic carbocycles. The first-order valence-electron chi connectivity index (χ1n) is 6.80. The molecule has 1 saturated heterocycles. The number of hydrogen-bond donors (Lipinski definition) is 2.